The highest BCUT2D eigenvalue weighted by Gasteiger charge is 2.54. The first kappa shape index (κ1) is 34.0. The molecule has 0 amide bonds. The van der Waals surface area contributed by atoms with Gasteiger partial charge in [0.05, 0.1) is 16.6 Å². The predicted octanol–water partition coefficient (Wildman–Crippen LogP) is 11.3. The second-order valence-electron chi connectivity index (χ2n) is 15.5. The van der Waals surface area contributed by atoms with Crippen molar-refractivity contribution in [1.29, 1.82) is 0 Å². The molecule has 278 valence electrons. The Bertz CT molecular complexity index is 2960. The van der Waals surface area contributed by atoms with Gasteiger partial charge >= 0.3 is 0 Å². The van der Waals surface area contributed by atoms with Crippen molar-refractivity contribution in [2.24, 2.45) is 5.92 Å². The molecule has 0 N–H and O–H groups in total. The second-order valence-corrected chi connectivity index (χ2v) is 15.5. The molecule has 4 heterocycles. The average Bonchev–Trinajstić information content (AvgIpc) is 3.76. The number of hydrogen-bond acceptors (Lipinski definition) is 7. The maximum Gasteiger partial charge on any atom is 0.237 e. The zero-order valence-corrected chi connectivity index (χ0v) is 32.1. The number of benzene rings is 6. The summed E-state index contributed by atoms with van der Waals surface area (Å²) in [5.74, 6) is 3.02. The maximum atomic E-state index is 5.22. The van der Waals surface area contributed by atoms with Gasteiger partial charge in [-0.05, 0) is 71.4 Å². The number of aromatic nitrogens is 7. The number of fused-ring (bicyclic) bond motifs is 6. The Kier molecular flexibility index (Phi) is 7.86. The van der Waals surface area contributed by atoms with Crippen LogP contribution in [-0.4, -0.2) is 40.0 Å². The van der Waals surface area contributed by atoms with Crippen molar-refractivity contribution in [2.75, 3.05) is 4.90 Å². The molecule has 3 aromatic heterocycles. The highest BCUT2D eigenvalue weighted by Crippen LogP contribution is 2.58. The fraction of sp³-hybridized carbons (Fsp3) is 0.120. The lowest BCUT2D eigenvalue weighted by atomic mass is 9.67. The van der Waals surface area contributed by atoms with E-state index in [2.05, 4.69) is 160 Å². The molecule has 0 fully saturated rings. The van der Waals surface area contributed by atoms with Gasteiger partial charge in [-0.25, -0.2) is 19.9 Å². The maximum absolute atomic E-state index is 5.22. The molecule has 0 radical (unpaired) electrons. The first-order valence-electron chi connectivity index (χ1n) is 19.8. The lowest BCUT2D eigenvalue weighted by Gasteiger charge is -2.46. The van der Waals surface area contributed by atoms with Gasteiger partial charge in [0.2, 0.25) is 11.9 Å². The van der Waals surface area contributed by atoms with Gasteiger partial charge in [-0.15, -0.1) is 0 Å². The molecule has 9 aromatic rings. The fourth-order valence-corrected chi connectivity index (χ4v) is 9.29. The molecule has 58 heavy (non-hydrogen) atoms. The van der Waals surface area contributed by atoms with Crippen LogP contribution in [0.15, 0.2) is 170 Å². The number of nitrogens with zero attached hydrogens (tertiary/aromatic N) is 8. The summed E-state index contributed by atoms with van der Waals surface area (Å²) in [6, 6.07) is 53.4. The van der Waals surface area contributed by atoms with E-state index in [1.54, 1.807) is 12.7 Å². The quantitative estimate of drug-likeness (QED) is 0.167. The number of anilines is 2. The van der Waals surface area contributed by atoms with E-state index in [9.17, 15) is 0 Å². The normalized spacial score (nSPS) is 18.6. The summed E-state index contributed by atoms with van der Waals surface area (Å²) in [7, 11) is 0. The van der Waals surface area contributed by atoms with Crippen molar-refractivity contribution >= 4 is 39.0 Å². The summed E-state index contributed by atoms with van der Waals surface area (Å²) in [4.78, 5) is 30.8. The van der Waals surface area contributed by atoms with Gasteiger partial charge < -0.3 is 4.90 Å². The van der Waals surface area contributed by atoms with E-state index in [1.807, 2.05) is 36.4 Å². The Hall–Kier alpha value is -7.32. The molecule has 11 rings (SSSR count). The number of para-hydroxylation sites is 2. The Morgan fingerprint density at radius 1 is 0.552 bits per heavy atom. The summed E-state index contributed by atoms with van der Waals surface area (Å²) >= 11 is 0. The van der Waals surface area contributed by atoms with Crippen molar-refractivity contribution < 1.29 is 0 Å². The van der Waals surface area contributed by atoms with E-state index in [0.29, 0.717) is 23.5 Å². The van der Waals surface area contributed by atoms with Crippen molar-refractivity contribution in [3.8, 4) is 39.9 Å². The minimum atomic E-state index is -0.313. The van der Waals surface area contributed by atoms with Gasteiger partial charge in [0, 0.05) is 33.5 Å². The molecule has 0 bridgehead atoms. The predicted molar refractivity (Wildman–Crippen MR) is 232 cm³/mol. The summed E-state index contributed by atoms with van der Waals surface area (Å²) in [6.45, 7) is 4.77. The molecule has 3 unspecified atom stereocenters. The van der Waals surface area contributed by atoms with Gasteiger partial charge in [-0.2, -0.15) is 9.97 Å². The highest BCUT2D eigenvalue weighted by molar-refractivity contribution is 6.10. The molecule has 8 heteroatoms. The third kappa shape index (κ3) is 5.36. The molecule has 2 aliphatic rings. The number of allylic oxidation sites excluding steroid dienone is 1. The van der Waals surface area contributed by atoms with Gasteiger partial charge in [0.25, 0.3) is 0 Å². The molecule has 0 spiro atoms. The molecule has 8 nitrogen and oxygen atoms in total. The Balaban J connectivity index is 0.969. The van der Waals surface area contributed by atoms with Crippen molar-refractivity contribution in [1.82, 2.24) is 34.5 Å². The SMILES string of the molecule is CC1CC(c2ccc(-c3ccc4c(c3)c3ccccc3n4-c3ncncn3)cc2)=CC2c3ccccc3N(c3nc(-c4ccccc4)nc(-c4ccccc4)n3)C12C. The minimum absolute atomic E-state index is 0.128. The van der Waals surface area contributed by atoms with E-state index >= 15 is 0 Å². The topological polar surface area (TPSA) is 85.5 Å². The lowest BCUT2D eigenvalue weighted by molar-refractivity contribution is 0.292. The van der Waals surface area contributed by atoms with Crippen LogP contribution in [0.1, 0.15) is 37.3 Å². The van der Waals surface area contributed by atoms with Crippen LogP contribution >= 0.6 is 0 Å². The lowest BCUT2D eigenvalue weighted by Crippen LogP contribution is -2.50. The molecule has 1 aliphatic carbocycles. The van der Waals surface area contributed by atoms with Crippen LogP contribution in [0.4, 0.5) is 11.6 Å². The first-order valence-corrected chi connectivity index (χ1v) is 19.8. The van der Waals surface area contributed by atoms with Crippen molar-refractivity contribution in [3.63, 3.8) is 0 Å². The Morgan fingerprint density at radius 2 is 1.16 bits per heavy atom. The van der Waals surface area contributed by atoms with Crippen LogP contribution in [0.25, 0.3) is 67.2 Å². The third-order valence-corrected chi connectivity index (χ3v) is 12.3. The summed E-state index contributed by atoms with van der Waals surface area (Å²) in [5, 5.41) is 2.33. The van der Waals surface area contributed by atoms with Gasteiger partial charge in [-0.1, -0.05) is 140 Å². The van der Waals surface area contributed by atoms with Crippen LogP contribution in [0.5, 0.6) is 0 Å². The average molecular weight is 751 g/mol. The van der Waals surface area contributed by atoms with Crippen LogP contribution in [0, 0.1) is 5.92 Å². The standard InChI is InChI=1S/C50H38N8/c1-32-27-38(34-23-21-33(22-24-34)37-25-26-44-41(28-37)39-17-9-11-19-43(39)57(44)48-52-30-51-31-53-48)29-42-40-18-10-12-20-45(40)58(50(32,42)2)49-55-46(35-13-5-3-6-14-35)54-47(56-49)36-15-7-4-8-16-36/h3-26,28-32,42H,27H2,1-2H3. The minimum Gasteiger partial charge on any atom is -0.303 e. The van der Waals surface area contributed by atoms with Gasteiger partial charge in [0.1, 0.15) is 12.7 Å². The zero-order valence-electron chi connectivity index (χ0n) is 32.1. The second kappa shape index (κ2) is 13.4. The highest BCUT2D eigenvalue weighted by atomic mass is 15.3. The Morgan fingerprint density at radius 3 is 1.88 bits per heavy atom. The van der Waals surface area contributed by atoms with E-state index in [-0.39, 0.29) is 17.4 Å². The molecular formula is C50H38N8. The largest absolute Gasteiger partial charge is 0.303 e. The Labute approximate surface area is 336 Å². The van der Waals surface area contributed by atoms with E-state index in [0.717, 1.165) is 45.0 Å². The van der Waals surface area contributed by atoms with Gasteiger partial charge in [-0.3, -0.25) is 4.57 Å². The molecule has 0 saturated heterocycles. The fourth-order valence-electron chi connectivity index (χ4n) is 9.29. The molecule has 1 aliphatic heterocycles. The first-order chi connectivity index (χ1) is 28.5. The van der Waals surface area contributed by atoms with Crippen LogP contribution in [0.3, 0.4) is 0 Å². The summed E-state index contributed by atoms with van der Waals surface area (Å²) in [5.41, 5.74) is 11.1. The smallest absolute Gasteiger partial charge is 0.237 e. The van der Waals surface area contributed by atoms with E-state index in [4.69, 9.17) is 15.0 Å². The van der Waals surface area contributed by atoms with Crippen LogP contribution in [-0.2, 0) is 0 Å². The van der Waals surface area contributed by atoms with Crippen molar-refractivity contribution in [2.45, 2.75) is 31.7 Å². The van der Waals surface area contributed by atoms with E-state index in [1.165, 1.54) is 27.8 Å². The third-order valence-electron chi connectivity index (χ3n) is 12.3. The number of hydrogen-bond donors (Lipinski definition) is 0. The summed E-state index contributed by atoms with van der Waals surface area (Å²) in [6.07, 6.45) is 6.51. The van der Waals surface area contributed by atoms with E-state index < -0.39 is 0 Å². The molecule has 0 saturated carbocycles. The van der Waals surface area contributed by atoms with Crippen LogP contribution in [0.2, 0.25) is 0 Å². The molecular weight excluding hydrogens is 713 g/mol. The summed E-state index contributed by atoms with van der Waals surface area (Å²) < 4.78 is 2.11. The van der Waals surface area contributed by atoms with Crippen LogP contribution < -0.4 is 4.90 Å². The molecule has 6 aromatic carbocycles. The monoisotopic (exact) mass is 750 g/mol. The zero-order chi connectivity index (χ0) is 38.8. The van der Waals surface area contributed by atoms with Crippen molar-refractivity contribution in [3.05, 3.63) is 182 Å². The molecule has 3 atom stereocenters. The number of rotatable bonds is 6. The van der Waals surface area contributed by atoms with Gasteiger partial charge in [0.15, 0.2) is 11.6 Å².